The van der Waals surface area contributed by atoms with Crippen molar-refractivity contribution < 1.29 is 9.59 Å². The van der Waals surface area contributed by atoms with Gasteiger partial charge in [0.1, 0.15) is 0 Å². The van der Waals surface area contributed by atoms with E-state index in [1.54, 1.807) is 23.5 Å². The standard InChI is InChI=1S/C20H30N2O2S2/c1-25-19-11-13-7-3-5-9-15(13)21(19)18(24)20(26-2)12-14-8-4-6-10-16(14)22(20)17(19)23/h13-16H,3-12H2,1-2H3/t13-,14-,15-,16-,19+,20+/m0/s1. The summed E-state index contributed by atoms with van der Waals surface area (Å²) < 4.78 is 0. The number of fused-ring (bicyclic) bond motifs is 6. The van der Waals surface area contributed by atoms with Crippen LogP contribution in [0.15, 0.2) is 0 Å². The first-order valence-corrected chi connectivity index (χ1v) is 12.8. The van der Waals surface area contributed by atoms with Crippen LogP contribution in [-0.2, 0) is 9.59 Å². The second-order valence-corrected chi connectivity index (χ2v) is 11.1. The summed E-state index contributed by atoms with van der Waals surface area (Å²) in [5, 5.41) is 0. The Morgan fingerprint density at radius 3 is 1.50 bits per heavy atom. The number of amides is 2. The van der Waals surface area contributed by atoms with E-state index in [0.717, 1.165) is 25.7 Å². The minimum atomic E-state index is -0.623. The van der Waals surface area contributed by atoms with Crippen LogP contribution in [0, 0.1) is 11.8 Å². The maximum atomic E-state index is 14.0. The summed E-state index contributed by atoms with van der Waals surface area (Å²) >= 11 is 3.29. The summed E-state index contributed by atoms with van der Waals surface area (Å²) in [6.07, 6.45) is 15.3. The Labute approximate surface area is 165 Å². The molecule has 5 aliphatic rings. The second-order valence-electron chi connectivity index (χ2n) is 8.96. The Kier molecular flexibility index (Phi) is 4.13. The van der Waals surface area contributed by atoms with E-state index in [9.17, 15) is 9.59 Å². The fourth-order valence-corrected chi connectivity index (χ4v) is 9.04. The highest BCUT2D eigenvalue weighted by molar-refractivity contribution is 8.01. The fraction of sp³-hybridized carbons (Fsp3) is 0.900. The number of thioether (sulfide) groups is 2. The summed E-state index contributed by atoms with van der Waals surface area (Å²) in [6, 6.07) is 0.586. The molecule has 26 heavy (non-hydrogen) atoms. The van der Waals surface area contributed by atoms with E-state index < -0.39 is 9.74 Å². The third-order valence-corrected chi connectivity index (χ3v) is 10.5. The van der Waals surface area contributed by atoms with Gasteiger partial charge in [0.2, 0.25) is 0 Å². The van der Waals surface area contributed by atoms with Crippen LogP contribution in [-0.4, -0.2) is 56.0 Å². The number of nitrogens with zero attached hydrogens (tertiary/aromatic N) is 2. The van der Waals surface area contributed by atoms with Crippen LogP contribution in [0.2, 0.25) is 0 Å². The molecule has 0 aromatic carbocycles. The molecule has 0 unspecified atom stereocenters. The molecule has 0 aromatic heterocycles. The van der Waals surface area contributed by atoms with Crippen molar-refractivity contribution in [3.63, 3.8) is 0 Å². The molecular weight excluding hydrogens is 364 g/mol. The Balaban J connectivity index is 1.63. The van der Waals surface area contributed by atoms with Gasteiger partial charge in [-0.3, -0.25) is 9.59 Å². The lowest BCUT2D eigenvalue weighted by Gasteiger charge is -2.54. The second kappa shape index (κ2) is 6.07. The molecule has 2 amide bonds. The first-order valence-electron chi connectivity index (χ1n) is 10.4. The number of hydrogen-bond donors (Lipinski definition) is 0. The van der Waals surface area contributed by atoms with Crippen LogP contribution in [0.25, 0.3) is 0 Å². The monoisotopic (exact) mass is 394 g/mol. The van der Waals surface area contributed by atoms with Crippen LogP contribution in [0.1, 0.15) is 64.2 Å². The van der Waals surface area contributed by atoms with E-state index in [1.807, 2.05) is 0 Å². The molecule has 6 heteroatoms. The highest BCUT2D eigenvalue weighted by Crippen LogP contribution is 2.60. The molecule has 144 valence electrons. The lowest BCUT2D eigenvalue weighted by Crippen LogP contribution is -2.73. The van der Waals surface area contributed by atoms with Gasteiger partial charge in [-0.1, -0.05) is 25.7 Å². The number of carbonyl (C=O) groups is 2. The molecule has 0 bridgehead atoms. The normalized spacial score (nSPS) is 47.5. The zero-order valence-electron chi connectivity index (χ0n) is 15.9. The molecule has 0 N–H and O–H groups in total. The molecule has 0 spiro atoms. The lowest BCUT2D eigenvalue weighted by atomic mass is 9.83. The van der Waals surface area contributed by atoms with E-state index in [4.69, 9.17) is 0 Å². The number of hydrogen-bond acceptors (Lipinski definition) is 4. The highest BCUT2D eigenvalue weighted by Gasteiger charge is 2.72. The Hall–Kier alpha value is -0.360. The van der Waals surface area contributed by atoms with Crippen molar-refractivity contribution in [3.05, 3.63) is 0 Å². The van der Waals surface area contributed by atoms with Gasteiger partial charge in [-0.05, 0) is 62.9 Å². The maximum absolute atomic E-state index is 14.0. The summed E-state index contributed by atoms with van der Waals surface area (Å²) in [5.41, 5.74) is 0. The lowest BCUT2D eigenvalue weighted by molar-refractivity contribution is -0.166. The van der Waals surface area contributed by atoms with Gasteiger partial charge in [0, 0.05) is 12.1 Å². The van der Waals surface area contributed by atoms with Crippen molar-refractivity contribution in [2.75, 3.05) is 12.5 Å². The molecule has 0 aromatic rings. The summed E-state index contributed by atoms with van der Waals surface area (Å²) in [5.74, 6) is 1.57. The van der Waals surface area contributed by atoms with Crippen molar-refractivity contribution in [2.45, 2.75) is 86.0 Å². The van der Waals surface area contributed by atoms with Crippen LogP contribution in [0.4, 0.5) is 0 Å². The Morgan fingerprint density at radius 1 is 0.731 bits per heavy atom. The molecular formula is C20H30N2O2S2. The summed E-state index contributed by atoms with van der Waals surface area (Å²) in [7, 11) is 0. The zero-order chi connectivity index (χ0) is 18.1. The number of carbonyl (C=O) groups excluding carboxylic acids is 2. The third-order valence-electron chi connectivity index (χ3n) is 8.04. The van der Waals surface area contributed by atoms with E-state index >= 15 is 0 Å². The third kappa shape index (κ3) is 2.01. The highest BCUT2D eigenvalue weighted by atomic mass is 32.2. The fourth-order valence-electron chi connectivity index (χ4n) is 6.90. The summed E-state index contributed by atoms with van der Waals surface area (Å²) in [6.45, 7) is 0. The van der Waals surface area contributed by atoms with Crippen LogP contribution in [0.5, 0.6) is 0 Å². The molecule has 3 aliphatic heterocycles. The molecule has 0 radical (unpaired) electrons. The molecule has 5 fully saturated rings. The average Bonchev–Trinajstić information content (AvgIpc) is 3.20. The van der Waals surface area contributed by atoms with Gasteiger partial charge in [-0.15, -0.1) is 23.5 Å². The van der Waals surface area contributed by atoms with Crippen molar-refractivity contribution in [1.82, 2.24) is 9.80 Å². The average molecular weight is 395 g/mol. The van der Waals surface area contributed by atoms with Crippen molar-refractivity contribution >= 4 is 35.3 Å². The molecule has 5 rings (SSSR count). The smallest absolute Gasteiger partial charge is 0.260 e. The summed E-state index contributed by atoms with van der Waals surface area (Å²) in [4.78, 5) is 31.1. The van der Waals surface area contributed by atoms with Crippen molar-refractivity contribution in [2.24, 2.45) is 11.8 Å². The molecule has 6 atom stereocenters. The zero-order valence-corrected chi connectivity index (χ0v) is 17.5. The van der Waals surface area contributed by atoms with Crippen LogP contribution >= 0.6 is 23.5 Å². The quantitative estimate of drug-likeness (QED) is 0.716. The molecule has 2 aliphatic carbocycles. The van der Waals surface area contributed by atoms with Gasteiger partial charge in [0.25, 0.3) is 11.8 Å². The molecule has 4 nitrogen and oxygen atoms in total. The predicted molar refractivity (Wildman–Crippen MR) is 107 cm³/mol. The van der Waals surface area contributed by atoms with Crippen LogP contribution in [0.3, 0.4) is 0 Å². The van der Waals surface area contributed by atoms with Gasteiger partial charge in [-0.2, -0.15) is 0 Å². The van der Waals surface area contributed by atoms with Crippen molar-refractivity contribution in [3.8, 4) is 0 Å². The van der Waals surface area contributed by atoms with Gasteiger partial charge in [-0.25, -0.2) is 0 Å². The molecule has 2 saturated carbocycles. The largest absolute Gasteiger partial charge is 0.313 e. The SMILES string of the molecule is CS[C@@]12C[C@@H]3CCCC[C@@H]3N1C(=O)[C@]1(SC)C[C@@H]3CCCC[C@@H]3N1C2=O. The van der Waals surface area contributed by atoms with Gasteiger partial charge >= 0.3 is 0 Å². The predicted octanol–water partition coefficient (Wildman–Crippen LogP) is 3.70. The minimum absolute atomic E-state index is 0.266. The van der Waals surface area contributed by atoms with Gasteiger partial charge in [0.05, 0.1) is 0 Å². The Bertz CT molecular complexity index is 589. The first-order chi connectivity index (χ1) is 12.6. The topological polar surface area (TPSA) is 40.6 Å². The van der Waals surface area contributed by atoms with Gasteiger partial charge in [0.15, 0.2) is 9.74 Å². The molecule has 3 heterocycles. The van der Waals surface area contributed by atoms with Gasteiger partial charge < -0.3 is 9.80 Å². The number of piperazine rings is 1. The minimum Gasteiger partial charge on any atom is -0.313 e. The Morgan fingerprint density at radius 2 is 1.12 bits per heavy atom. The van der Waals surface area contributed by atoms with E-state index in [0.29, 0.717) is 23.9 Å². The maximum Gasteiger partial charge on any atom is 0.260 e. The van der Waals surface area contributed by atoms with E-state index in [2.05, 4.69) is 22.3 Å². The van der Waals surface area contributed by atoms with E-state index in [-0.39, 0.29) is 11.8 Å². The van der Waals surface area contributed by atoms with Crippen LogP contribution < -0.4 is 0 Å². The van der Waals surface area contributed by atoms with E-state index in [1.165, 1.54) is 38.5 Å². The number of rotatable bonds is 2. The van der Waals surface area contributed by atoms with Crippen molar-refractivity contribution in [1.29, 1.82) is 0 Å². The molecule has 3 saturated heterocycles. The first kappa shape index (κ1) is 17.7.